The molecule has 1 heterocycles. The average Bonchev–Trinajstić information content (AvgIpc) is 3.18. The minimum absolute atomic E-state index is 0.286. The average molecular weight is 474 g/mol. The number of hydrogen-bond acceptors (Lipinski definition) is 4. The predicted molar refractivity (Wildman–Crippen MR) is 127 cm³/mol. The molecule has 1 aromatic heterocycles. The SMILES string of the molecule is CS(=O)c1ccc(/C=C/c2nc3ccc(-c4ccccc4NSC(F)(F)F)cc3[nH]2)cc1. The van der Waals surface area contributed by atoms with Crippen LogP contribution in [0.2, 0.25) is 0 Å². The van der Waals surface area contributed by atoms with Gasteiger partial charge in [0.15, 0.2) is 0 Å². The second kappa shape index (κ2) is 9.22. The maximum Gasteiger partial charge on any atom is 0.461 e. The van der Waals surface area contributed by atoms with Crippen molar-refractivity contribution in [3.05, 3.63) is 78.1 Å². The topological polar surface area (TPSA) is 57.8 Å². The van der Waals surface area contributed by atoms with E-state index in [9.17, 15) is 17.4 Å². The highest BCUT2D eigenvalue weighted by Crippen LogP contribution is 2.36. The van der Waals surface area contributed by atoms with Gasteiger partial charge < -0.3 is 9.71 Å². The van der Waals surface area contributed by atoms with Crippen LogP contribution in [0.5, 0.6) is 0 Å². The lowest BCUT2D eigenvalue weighted by Crippen LogP contribution is -2.05. The van der Waals surface area contributed by atoms with Crippen molar-refractivity contribution >= 4 is 51.6 Å². The van der Waals surface area contributed by atoms with Gasteiger partial charge in [-0.15, -0.1) is 0 Å². The van der Waals surface area contributed by atoms with Crippen molar-refractivity contribution in [3.63, 3.8) is 0 Å². The lowest BCUT2D eigenvalue weighted by Gasteiger charge is -2.12. The zero-order valence-electron chi connectivity index (χ0n) is 16.8. The Morgan fingerprint density at radius 1 is 1.03 bits per heavy atom. The van der Waals surface area contributed by atoms with Gasteiger partial charge in [-0.2, -0.15) is 13.2 Å². The second-order valence-electron chi connectivity index (χ2n) is 6.91. The maximum absolute atomic E-state index is 12.6. The van der Waals surface area contributed by atoms with Crippen LogP contribution in [0.3, 0.4) is 0 Å². The summed E-state index contributed by atoms with van der Waals surface area (Å²) in [4.78, 5) is 8.53. The third kappa shape index (κ3) is 5.41. The lowest BCUT2D eigenvalue weighted by molar-refractivity contribution is -0.0323. The van der Waals surface area contributed by atoms with Crippen molar-refractivity contribution in [1.82, 2.24) is 9.97 Å². The molecule has 32 heavy (non-hydrogen) atoms. The van der Waals surface area contributed by atoms with Gasteiger partial charge in [-0.1, -0.05) is 42.5 Å². The normalized spacial score (nSPS) is 13.0. The number of aromatic amines is 1. The minimum Gasteiger partial charge on any atom is -0.338 e. The molecule has 0 spiro atoms. The molecule has 1 atom stereocenters. The van der Waals surface area contributed by atoms with E-state index in [1.165, 1.54) is 0 Å². The van der Waals surface area contributed by atoms with E-state index in [0.29, 0.717) is 17.1 Å². The number of hydrogen-bond donors (Lipinski definition) is 2. The number of aromatic nitrogens is 2. The zero-order valence-corrected chi connectivity index (χ0v) is 18.4. The van der Waals surface area contributed by atoms with Gasteiger partial charge >= 0.3 is 5.51 Å². The Morgan fingerprint density at radius 2 is 1.78 bits per heavy atom. The fraction of sp³-hybridized carbons (Fsp3) is 0.0870. The number of H-pyrrole nitrogens is 1. The molecule has 0 aliphatic rings. The standard InChI is InChI=1S/C23H18F3N3OS2/c1-32(30)17-10-6-15(7-11-17)8-13-22-27-20-12-9-16(14-21(20)28-22)18-4-2-3-5-19(18)29-31-23(24,25)26/h2-14,29H,1H3,(H,27,28)/b13-8+. The van der Waals surface area contributed by atoms with E-state index in [2.05, 4.69) is 14.7 Å². The molecule has 1 unspecified atom stereocenters. The van der Waals surface area contributed by atoms with Gasteiger partial charge in [-0.05, 0) is 47.5 Å². The number of benzene rings is 3. The molecule has 164 valence electrons. The Kier molecular flexibility index (Phi) is 6.38. The molecular weight excluding hydrogens is 455 g/mol. The molecule has 4 aromatic rings. The predicted octanol–water partition coefficient (Wildman–Crippen LogP) is 6.72. The van der Waals surface area contributed by atoms with Crippen molar-refractivity contribution in [2.75, 3.05) is 11.0 Å². The molecule has 0 saturated heterocycles. The van der Waals surface area contributed by atoms with E-state index in [0.717, 1.165) is 27.1 Å². The highest BCUT2D eigenvalue weighted by molar-refractivity contribution is 8.01. The van der Waals surface area contributed by atoms with Crippen LogP contribution >= 0.6 is 11.9 Å². The number of nitrogens with zero attached hydrogens (tertiary/aromatic N) is 1. The van der Waals surface area contributed by atoms with Crippen LogP contribution in [-0.2, 0) is 10.8 Å². The van der Waals surface area contributed by atoms with Crippen LogP contribution in [0.4, 0.5) is 18.9 Å². The molecule has 0 bridgehead atoms. The number of fused-ring (bicyclic) bond motifs is 1. The molecule has 0 fully saturated rings. The molecule has 2 N–H and O–H groups in total. The Bertz CT molecular complexity index is 1300. The first-order valence-corrected chi connectivity index (χ1v) is 11.9. The number of alkyl halides is 3. The second-order valence-corrected chi connectivity index (χ2v) is 9.16. The Balaban J connectivity index is 1.58. The minimum atomic E-state index is -4.38. The molecule has 4 nitrogen and oxygen atoms in total. The van der Waals surface area contributed by atoms with Gasteiger partial charge in [-0.3, -0.25) is 4.21 Å². The Labute approximate surface area is 189 Å². The van der Waals surface area contributed by atoms with E-state index in [1.807, 2.05) is 54.6 Å². The van der Waals surface area contributed by atoms with Crippen molar-refractivity contribution in [2.45, 2.75) is 10.4 Å². The number of rotatable bonds is 6. The molecule has 3 aromatic carbocycles. The molecule has 9 heteroatoms. The summed E-state index contributed by atoms with van der Waals surface area (Å²) in [5, 5.41) is 0. The molecule has 0 radical (unpaired) electrons. The third-order valence-corrected chi connectivity index (χ3v) is 6.15. The Morgan fingerprint density at radius 3 is 2.50 bits per heavy atom. The van der Waals surface area contributed by atoms with E-state index < -0.39 is 16.3 Å². The lowest BCUT2D eigenvalue weighted by atomic mass is 10.0. The van der Waals surface area contributed by atoms with Crippen LogP contribution in [0, 0.1) is 0 Å². The smallest absolute Gasteiger partial charge is 0.338 e. The third-order valence-electron chi connectivity index (χ3n) is 4.66. The first-order chi connectivity index (χ1) is 15.3. The summed E-state index contributed by atoms with van der Waals surface area (Å²) in [6.45, 7) is 0. The van der Waals surface area contributed by atoms with Crippen molar-refractivity contribution < 1.29 is 17.4 Å². The van der Waals surface area contributed by atoms with E-state index in [-0.39, 0.29) is 11.9 Å². The maximum atomic E-state index is 12.6. The van der Waals surface area contributed by atoms with Crippen molar-refractivity contribution in [1.29, 1.82) is 0 Å². The van der Waals surface area contributed by atoms with Crippen LogP contribution in [0.1, 0.15) is 11.4 Å². The fourth-order valence-corrected chi connectivity index (χ4v) is 4.08. The quantitative estimate of drug-likeness (QED) is 0.305. The molecule has 0 aliphatic carbocycles. The number of halogens is 3. The summed E-state index contributed by atoms with van der Waals surface area (Å²) in [7, 11) is -1.02. The molecular formula is C23H18F3N3OS2. The fourth-order valence-electron chi connectivity index (χ4n) is 3.16. The van der Waals surface area contributed by atoms with E-state index in [1.54, 1.807) is 30.5 Å². The molecule has 0 amide bonds. The number of para-hydroxylation sites is 1. The summed E-state index contributed by atoms with van der Waals surface area (Å²) in [6.07, 6.45) is 5.37. The molecule has 4 rings (SSSR count). The summed E-state index contributed by atoms with van der Waals surface area (Å²) < 4.78 is 51.7. The summed E-state index contributed by atoms with van der Waals surface area (Å²) in [5.41, 5.74) is -0.0996. The zero-order chi connectivity index (χ0) is 22.7. The highest BCUT2D eigenvalue weighted by atomic mass is 32.2. The number of imidazole rings is 1. The molecule has 0 saturated carbocycles. The number of anilines is 1. The van der Waals surface area contributed by atoms with Gasteiger partial charge in [0, 0.05) is 27.5 Å². The van der Waals surface area contributed by atoms with Crippen molar-refractivity contribution in [2.24, 2.45) is 0 Å². The van der Waals surface area contributed by atoms with Gasteiger partial charge in [0.05, 0.1) is 28.7 Å². The summed E-state index contributed by atoms with van der Waals surface area (Å²) >= 11 is -0.286. The van der Waals surface area contributed by atoms with Gasteiger partial charge in [0.25, 0.3) is 0 Å². The largest absolute Gasteiger partial charge is 0.461 e. The van der Waals surface area contributed by atoms with Gasteiger partial charge in [-0.25, -0.2) is 4.98 Å². The van der Waals surface area contributed by atoms with Gasteiger partial charge in [0.1, 0.15) is 5.82 Å². The van der Waals surface area contributed by atoms with Crippen LogP contribution in [0.25, 0.3) is 34.3 Å². The van der Waals surface area contributed by atoms with Crippen LogP contribution in [0.15, 0.2) is 71.6 Å². The van der Waals surface area contributed by atoms with Crippen LogP contribution < -0.4 is 4.72 Å². The monoisotopic (exact) mass is 473 g/mol. The first kappa shape index (κ1) is 22.2. The highest BCUT2D eigenvalue weighted by Gasteiger charge is 2.29. The van der Waals surface area contributed by atoms with Crippen molar-refractivity contribution in [3.8, 4) is 11.1 Å². The van der Waals surface area contributed by atoms with Gasteiger partial charge in [0.2, 0.25) is 0 Å². The summed E-state index contributed by atoms with van der Waals surface area (Å²) in [5.74, 6) is 0.652. The number of nitrogens with one attached hydrogen (secondary N) is 2. The summed E-state index contributed by atoms with van der Waals surface area (Å²) in [6, 6.07) is 19.8. The first-order valence-electron chi connectivity index (χ1n) is 9.50. The van der Waals surface area contributed by atoms with E-state index in [4.69, 9.17) is 0 Å². The van der Waals surface area contributed by atoms with E-state index >= 15 is 0 Å². The van der Waals surface area contributed by atoms with Crippen LogP contribution in [-0.4, -0.2) is 25.9 Å². The molecule has 0 aliphatic heterocycles. The Hall–Kier alpha value is -3.04.